The van der Waals surface area contributed by atoms with E-state index in [4.69, 9.17) is 4.74 Å². The molecule has 4 saturated heterocycles. The highest BCUT2D eigenvalue weighted by Crippen LogP contribution is 2.86. The fraction of sp³-hybridized carbons (Fsp3) is 0.909. The third-order valence-corrected chi connectivity index (χ3v) is 11.0. The van der Waals surface area contributed by atoms with E-state index >= 15 is 0 Å². The maximum absolute atomic E-state index is 11.4. The summed E-state index contributed by atoms with van der Waals surface area (Å²) in [5, 5.41) is 22.4. The minimum atomic E-state index is -0.426. The number of aliphatic hydroxyl groups is 2. The summed E-state index contributed by atoms with van der Waals surface area (Å²) in [4.78, 5) is 2.69. The molecule has 12 atom stereocenters. The molecule has 5 aliphatic carbocycles. The van der Waals surface area contributed by atoms with Crippen LogP contribution in [0.1, 0.15) is 46.0 Å². The Hall–Kier alpha value is -0.420. The molecule has 9 bridgehead atoms. The highest BCUT2D eigenvalue weighted by Gasteiger charge is 2.88. The van der Waals surface area contributed by atoms with Gasteiger partial charge in [-0.2, -0.15) is 0 Å². The second-order valence-electron chi connectivity index (χ2n) is 10.9. The van der Waals surface area contributed by atoms with Crippen LogP contribution in [0.2, 0.25) is 0 Å². The van der Waals surface area contributed by atoms with Gasteiger partial charge in [-0.05, 0) is 62.0 Å². The van der Waals surface area contributed by atoms with Gasteiger partial charge in [0.2, 0.25) is 0 Å². The van der Waals surface area contributed by atoms with E-state index in [1.165, 1.54) is 19.3 Å². The lowest BCUT2D eigenvalue weighted by Gasteiger charge is -2.73. The zero-order valence-corrected chi connectivity index (χ0v) is 15.9. The van der Waals surface area contributed by atoms with Gasteiger partial charge < -0.3 is 14.9 Å². The minimum absolute atomic E-state index is 0.0470. The highest BCUT2D eigenvalue weighted by molar-refractivity contribution is 5.40. The summed E-state index contributed by atoms with van der Waals surface area (Å²) < 4.78 is 6.78. The first kappa shape index (κ1) is 15.5. The molecule has 0 unspecified atom stereocenters. The summed E-state index contributed by atoms with van der Waals surface area (Å²) in [7, 11) is 0. The van der Waals surface area contributed by atoms with Crippen LogP contribution in [0.4, 0.5) is 0 Å². The molecule has 5 saturated carbocycles. The first-order chi connectivity index (χ1) is 12.4. The van der Waals surface area contributed by atoms with Crippen molar-refractivity contribution in [2.24, 2.45) is 39.9 Å². The molecule has 2 N–H and O–H groups in total. The topological polar surface area (TPSA) is 52.9 Å². The summed E-state index contributed by atoms with van der Waals surface area (Å²) in [6, 6.07) is 0.547. The van der Waals surface area contributed by atoms with Crippen molar-refractivity contribution in [3.8, 4) is 0 Å². The Morgan fingerprint density at radius 2 is 2.08 bits per heavy atom. The van der Waals surface area contributed by atoms with E-state index in [1.807, 2.05) is 0 Å². The smallest absolute Gasteiger partial charge is 0.116 e. The van der Waals surface area contributed by atoms with Crippen LogP contribution in [0.5, 0.6) is 0 Å². The van der Waals surface area contributed by atoms with Gasteiger partial charge in [-0.3, -0.25) is 4.90 Å². The second-order valence-corrected chi connectivity index (χ2v) is 10.9. The van der Waals surface area contributed by atoms with Crippen molar-refractivity contribution in [3.63, 3.8) is 0 Å². The Bertz CT molecular complexity index is 739. The third kappa shape index (κ3) is 1.14. The molecular formula is C22H31NO3. The number of rotatable bonds is 1. The van der Waals surface area contributed by atoms with Crippen molar-refractivity contribution >= 4 is 0 Å². The van der Waals surface area contributed by atoms with Crippen molar-refractivity contribution in [2.75, 3.05) is 6.54 Å². The Balaban J connectivity index is 1.51. The van der Waals surface area contributed by atoms with Crippen LogP contribution in [0.3, 0.4) is 0 Å². The van der Waals surface area contributed by atoms with Crippen LogP contribution in [0.15, 0.2) is 12.2 Å². The van der Waals surface area contributed by atoms with Gasteiger partial charge >= 0.3 is 0 Å². The molecule has 2 spiro atoms. The zero-order valence-electron chi connectivity index (χ0n) is 15.9. The van der Waals surface area contributed by atoms with Gasteiger partial charge in [0.1, 0.15) is 6.23 Å². The largest absolute Gasteiger partial charge is 0.392 e. The van der Waals surface area contributed by atoms with Crippen molar-refractivity contribution < 1.29 is 14.9 Å². The van der Waals surface area contributed by atoms with E-state index < -0.39 is 6.10 Å². The molecule has 0 aromatic carbocycles. The van der Waals surface area contributed by atoms with Gasteiger partial charge in [-0.1, -0.05) is 20.4 Å². The fourth-order valence-electron chi connectivity index (χ4n) is 10.5. The normalized spacial score (nSPS) is 69.5. The Morgan fingerprint density at radius 3 is 2.85 bits per heavy atom. The molecule has 4 nitrogen and oxygen atoms in total. The van der Waals surface area contributed by atoms with Gasteiger partial charge in [-0.25, -0.2) is 0 Å². The number of hydrogen-bond donors (Lipinski definition) is 2. The molecular weight excluding hydrogens is 326 g/mol. The zero-order chi connectivity index (χ0) is 17.8. The molecule has 26 heavy (non-hydrogen) atoms. The summed E-state index contributed by atoms with van der Waals surface area (Å²) in [6.45, 7) is 10.1. The molecule has 0 aromatic rings. The Morgan fingerprint density at radius 1 is 1.27 bits per heavy atom. The standard InChI is InChI=1S/C22H31NO3/c1-4-23-17-12-7-14-20(3)6-5-16(26-19(20)23)22(14,17)15-8-13(24)11-9-21(12,15)18(25)10(11)2/h11-19,24-25H,2,4-9H2,1,3H3/t11-,12+,13-,14-,15-,16+,17+,18-,19-,20-,21+,22+/m1/s1. The monoisotopic (exact) mass is 357 g/mol. The SMILES string of the molecule is C=C1[C@H]2C[C@@]3([C@@H]1O)[C@@H](C[C@H]2O)[C@]12[C@@H]4CC[C@]5(C)[C@H]1C[C@H]3[C@@H]2N(CC)[C@@H]5O4. The van der Waals surface area contributed by atoms with Gasteiger partial charge in [-0.15, -0.1) is 0 Å². The molecule has 9 aliphatic rings. The number of ether oxygens (including phenoxy) is 1. The number of nitrogens with zero attached hydrogens (tertiary/aromatic N) is 1. The van der Waals surface area contributed by atoms with Crippen molar-refractivity contribution in [1.29, 1.82) is 0 Å². The van der Waals surface area contributed by atoms with Crippen molar-refractivity contribution in [3.05, 3.63) is 12.2 Å². The predicted octanol–water partition coefficient (Wildman–Crippen LogP) is 2.16. The molecule has 0 aromatic heterocycles. The maximum atomic E-state index is 11.4. The van der Waals surface area contributed by atoms with Crippen LogP contribution < -0.4 is 0 Å². The van der Waals surface area contributed by atoms with Gasteiger partial charge in [0, 0.05) is 28.2 Å². The van der Waals surface area contributed by atoms with Crippen LogP contribution in [-0.4, -0.2) is 52.2 Å². The summed E-state index contributed by atoms with van der Waals surface area (Å²) in [5.41, 5.74) is 1.28. The second kappa shape index (κ2) is 4.12. The summed E-state index contributed by atoms with van der Waals surface area (Å²) >= 11 is 0. The van der Waals surface area contributed by atoms with Crippen LogP contribution in [0, 0.1) is 39.9 Å². The van der Waals surface area contributed by atoms with Crippen molar-refractivity contribution in [2.45, 2.75) is 76.5 Å². The van der Waals surface area contributed by atoms with Crippen LogP contribution in [0.25, 0.3) is 0 Å². The molecule has 9 fully saturated rings. The van der Waals surface area contributed by atoms with E-state index in [9.17, 15) is 10.2 Å². The number of piperidine rings is 1. The van der Waals surface area contributed by atoms with Crippen molar-refractivity contribution in [1.82, 2.24) is 4.90 Å². The molecule has 9 rings (SSSR count). The van der Waals surface area contributed by atoms with E-state index in [2.05, 4.69) is 25.3 Å². The minimum Gasteiger partial charge on any atom is -0.392 e. The lowest BCUT2D eigenvalue weighted by molar-refractivity contribution is -0.372. The summed E-state index contributed by atoms with van der Waals surface area (Å²) in [6.07, 6.45) is 5.38. The molecule has 4 heterocycles. The molecule has 4 aliphatic heterocycles. The number of aliphatic hydroxyl groups excluding tert-OH is 2. The van der Waals surface area contributed by atoms with E-state index in [1.54, 1.807) is 0 Å². The third-order valence-electron chi connectivity index (χ3n) is 11.0. The predicted molar refractivity (Wildman–Crippen MR) is 96.0 cm³/mol. The molecule has 4 heteroatoms. The Labute approximate surface area is 155 Å². The average molecular weight is 357 g/mol. The molecule has 142 valence electrons. The number of fused-ring (bicyclic) bond motifs is 2. The van der Waals surface area contributed by atoms with Crippen LogP contribution in [-0.2, 0) is 4.74 Å². The van der Waals surface area contributed by atoms with E-state index in [-0.39, 0.29) is 34.5 Å². The molecule has 0 radical (unpaired) electrons. The average Bonchev–Trinajstić information content (AvgIpc) is 3.17. The quantitative estimate of drug-likeness (QED) is 0.706. The van der Waals surface area contributed by atoms with E-state index in [0.717, 1.165) is 25.0 Å². The first-order valence-electron chi connectivity index (χ1n) is 10.9. The van der Waals surface area contributed by atoms with Crippen LogP contribution >= 0.6 is 0 Å². The Kier molecular flexibility index (Phi) is 2.46. The molecule has 0 amide bonds. The lowest BCUT2D eigenvalue weighted by atomic mass is 9.41. The van der Waals surface area contributed by atoms with Gasteiger partial charge in [0.05, 0.1) is 18.3 Å². The van der Waals surface area contributed by atoms with E-state index in [0.29, 0.717) is 29.9 Å². The highest BCUT2D eigenvalue weighted by atomic mass is 16.5. The number of hydrogen-bond acceptors (Lipinski definition) is 4. The summed E-state index contributed by atoms with van der Waals surface area (Å²) in [5.74, 6) is 1.77. The van der Waals surface area contributed by atoms with Gasteiger partial charge in [0.25, 0.3) is 0 Å². The van der Waals surface area contributed by atoms with Gasteiger partial charge in [0.15, 0.2) is 0 Å². The maximum Gasteiger partial charge on any atom is 0.116 e. The first-order valence-corrected chi connectivity index (χ1v) is 10.9. The lowest BCUT2D eigenvalue weighted by Crippen LogP contribution is -2.78. The fourth-order valence-corrected chi connectivity index (χ4v) is 10.5.